The van der Waals surface area contributed by atoms with E-state index in [4.69, 9.17) is 14.3 Å². The zero-order valence-electron chi connectivity index (χ0n) is 16.4. The molecule has 2 unspecified atom stereocenters. The number of benzene rings is 1. The number of fused-ring (bicyclic) bond motifs is 1. The Hall–Kier alpha value is -2.06. The van der Waals surface area contributed by atoms with Gasteiger partial charge in [-0.05, 0) is 54.6 Å². The van der Waals surface area contributed by atoms with Gasteiger partial charge in [0.15, 0.2) is 23.5 Å². The second kappa shape index (κ2) is 8.59. The number of rotatable bonds is 6. The van der Waals surface area contributed by atoms with Gasteiger partial charge >= 0.3 is 0 Å². The van der Waals surface area contributed by atoms with Crippen LogP contribution in [0.1, 0.15) is 13.8 Å². The molecule has 1 aromatic rings. The summed E-state index contributed by atoms with van der Waals surface area (Å²) < 4.78 is 26.2. The fraction of sp³-hybridized carbons (Fsp3) is 0.368. The van der Waals surface area contributed by atoms with Crippen molar-refractivity contribution in [1.82, 2.24) is 10.5 Å². The summed E-state index contributed by atoms with van der Waals surface area (Å²) in [4.78, 5) is 23.1. The Morgan fingerprint density at radius 1 is 1.50 bits per heavy atom. The number of nitrogens with zero attached hydrogens (tertiary/aromatic N) is 2. The smallest absolute Gasteiger partial charge is 0.298 e. The number of hydroxylamine groups is 1. The van der Waals surface area contributed by atoms with Crippen molar-refractivity contribution in [3.8, 4) is 0 Å². The van der Waals surface area contributed by atoms with Gasteiger partial charge in [-0.3, -0.25) is 20.1 Å². The van der Waals surface area contributed by atoms with Gasteiger partial charge in [0.05, 0.1) is 18.5 Å². The summed E-state index contributed by atoms with van der Waals surface area (Å²) in [6.45, 7) is 4.50. The molecule has 30 heavy (non-hydrogen) atoms. The van der Waals surface area contributed by atoms with Crippen LogP contribution in [0.3, 0.4) is 0 Å². The lowest BCUT2D eigenvalue weighted by molar-refractivity contribution is -0.694. The molecule has 3 N–H and O–H groups in total. The number of carbonyl (C=O) groups is 1. The SMILES string of the molecule is CC1(C)OCC(CONC(=O)C2=C[NH+]3C=NC=C3CN2Nc2ccc(I)cc2F)O1. The van der Waals surface area contributed by atoms with Crippen molar-refractivity contribution >= 4 is 40.5 Å². The van der Waals surface area contributed by atoms with E-state index in [0.717, 1.165) is 14.2 Å². The third-order valence-corrected chi connectivity index (χ3v) is 5.32. The number of halogens is 2. The number of hydrogen-bond donors (Lipinski definition) is 3. The topological polar surface area (TPSA) is 88.9 Å². The van der Waals surface area contributed by atoms with Gasteiger partial charge in [-0.1, -0.05) is 0 Å². The van der Waals surface area contributed by atoms with Crippen LogP contribution < -0.4 is 15.8 Å². The van der Waals surface area contributed by atoms with E-state index in [1.807, 2.05) is 36.4 Å². The summed E-state index contributed by atoms with van der Waals surface area (Å²) in [5.74, 6) is -1.55. The number of hydrogen-bond acceptors (Lipinski definition) is 7. The Labute approximate surface area is 186 Å². The summed E-state index contributed by atoms with van der Waals surface area (Å²) in [6.07, 6.45) is 4.80. The quantitative estimate of drug-likeness (QED) is 0.374. The van der Waals surface area contributed by atoms with E-state index in [0.29, 0.717) is 13.2 Å². The maximum atomic E-state index is 14.3. The lowest BCUT2D eigenvalue weighted by Crippen LogP contribution is -3.05. The Morgan fingerprint density at radius 2 is 2.33 bits per heavy atom. The molecule has 0 radical (unpaired) electrons. The van der Waals surface area contributed by atoms with Gasteiger partial charge in [0.1, 0.15) is 31.3 Å². The predicted molar refractivity (Wildman–Crippen MR) is 114 cm³/mol. The van der Waals surface area contributed by atoms with Gasteiger partial charge in [0.25, 0.3) is 5.91 Å². The van der Waals surface area contributed by atoms with Gasteiger partial charge in [-0.25, -0.2) is 19.8 Å². The van der Waals surface area contributed by atoms with Crippen LogP contribution >= 0.6 is 22.6 Å². The van der Waals surface area contributed by atoms with Gasteiger partial charge in [-0.15, -0.1) is 0 Å². The lowest BCUT2D eigenvalue weighted by Gasteiger charge is -2.31. The zero-order chi connectivity index (χ0) is 21.3. The lowest BCUT2D eigenvalue weighted by atomic mass is 10.2. The van der Waals surface area contributed by atoms with Gasteiger partial charge in [-0.2, -0.15) is 0 Å². The molecule has 0 saturated carbocycles. The highest BCUT2D eigenvalue weighted by Crippen LogP contribution is 2.23. The fourth-order valence-corrected chi connectivity index (χ4v) is 3.67. The van der Waals surface area contributed by atoms with E-state index < -0.39 is 17.5 Å². The molecule has 0 spiro atoms. The van der Waals surface area contributed by atoms with E-state index in [2.05, 4.69) is 15.9 Å². The second-order valence-corrected chi connectivity index (χ2v) is 8.68. The highest BCUT2D eigenvalue weighted by Gasteiger charge is 2.35. The van der Waals surface area contributed by atoms with E-state index in [1.54, 1.807) is 35.9 Å². The van der Waals surface area contributed by atoms with E-state index in [1.165, 1.54) is 6.07 Å². The van der Waals surface area contributed by atoms with E-state index in [-0.39, 0.29) is 24.1 Å². The van der Waals surface area contributed by atoms with Crippen LogP contribution in [0.4, 0.5) is 10.1 Å². The van der Waals surface area contributed by atoms with Crippen LogP contribution in [0.25, 0.3) is 0 Å². The van der Waals surface area contributed by atoms with Crippen LogP contribution in [0.2, 0.25) is 0 Å². The maximum Gasteiger partial charge on any atom is 0.298 e. The van der Waals surface area contributed by atoms with Gasteiger partial charge in [0, 0.05) is 3.57 Å². The molecule has 1 fully saturated rings. The average Bonchev–Trinajstić information content (AvgIpc) is 3.28. The number of amides is 1. The predicted octanol–water partition coefficient (Wildman–Crippen LogP) is 0.882. The van der Waals surface area contributed by atoms with Crippen molar-refractivity contribution in [2.75, 3.05) is 25.2 Å². The van der Waals surface area contributed by atoms with Gasteiger partial charge < -0.3 is 9.47 Å². The number of quaternary nitrogens is 1. The first-order valence-electron chi connectivity index (χ1n) is 9.35. The number of hydrazine groups is 1. The van der Waals surface area contributed by atoms with Crippen LogP contribution in [-0.4, -0.2) is 48.9 Å². The van der Waals surface area contributed by atoms with Crippen molar-refractivity contribution < 1.29 is 28.4 Å². The number of aliphatic imine (C=N–C) groups is 1. The molecule has 9 nitrogen and oxygen atoms in total. The third-order valence-electron chi connectivity index (χ3n) is 4.65. The number of nitrogens with one attached hydrogen (secondary N) is 3. The molecular weight excluding hydrogens is 508 g/mol. The number of carbonyl (C=O) groups excluding carboxylic acids is 1. The molecule has 0 bridgehead atoms. The molecule has 3 heterocycles. The number of ether oxygens (including phenoxy) is 2. The van der Waals surface area contributed by atoms with Gasteiger partial charge in [0.2, 0.25) is 0 Å². The third kappa shape index (κ3) is 4.81. The Bertz CT molecular complexity index is 935. The Balaban J connectivity index is 1.43. The normalized spacial score (nSPS) is 24.3. The van der Waals surface area contributed by atoms with E-state index >= 15 is 0 Å². The second-order valence-electron chi connectivity index (χ2n) is 7.43. The molecule has 3 aliphatic rings. The minimum atomic E-state index is -0.663. The van der Waals surface area contributed by atoms with Crippen LogP contribution in [-0.2, 0) is 19.1 Å². The first-order chi connectivity index (χ1) is 14.3. The van der Waals surface area contributed by atoms with Crippen LogP contribution in [0.5, 0.6) is 0 Å². The monoisotopic (exact) mass is 530 g/mol. The molecule has 4 rings (SSSR count). The molecule has 1 amide bonds. The summed E-state index contributed by atoms with van der Waals surface area (Å²) in [6, 6.07) is 4.82. The maximum absolute atomic E-state index is 14.3. The molecular formula is C19H22FIN5O4+. The summed E-state index contributed by atoms with van der Waals surface area (Å²) in [5, 5.41) is 1.56. The van der Waals surface area contributed by atoms with Crippen LogP contribution in [0.15, 0.2) is 47.0 Å². The van der Waals surface area contributed by atoms with Crippen molar-refractivity contribution in [3.05, 3.63) is 51.4 Å². The molecule has 0 aliphatic carbocycles. The summed E-state index contributed by atoms with van der Waals surface area (Å²) in [7, 11) is 0. The molecule has 0 aromatic heterocycles. The van der Waals surface area contributed by atoms with Crippen molar-refractivity contribution in [3.63, 3.8) is 0 Å². The molecule has 3 aliphatic heterocycles. The highest BCUT2D eigenvalue weighted by molar-refractivity contribution is 14.1. The van der Waals surface area contributed by atoms with Crippen molar-refractivity contribution in [1.29, 1.82) is 0 Å². The number of anilines is 1. The molecule has 1 saturated heterocycles. The van der Waals surface area contributed by atoms with Crippen molar-refractivity contribution in [2.24, 2.45) is 4.99 Å². The van der Waals surface area contributed by atoms with E-state index in [9.17, 15) is 9.18 Å². The standard InChI is InChI=1S/C19H21FIN5O4/c1-19(2)28-9-14(30-19)10-29-24-18(27)17-8-25-11-22-6-13(25)7-26(17)23-16-4-3-12(21)5-15(16)20/h3-6,8,11,14,23H,7,9-10H2,1-2H3,(H,24,27)/p+1. The summed E-state index contributed by atoms with van der Waals surface area (Å²) >= 11 is 2.04. The summed E-state index contributed by atoms with van der Waals surface area (Å²) in [5.41, 5.74) is 6.86. The fourth-order valence-electron chi connectivity index (χ4n) is 3.22. The molecule has 160 valence electrons. The first-order valence-corrected chi connectivity index (χ1v) is 10.4. The Morgan fingerprint density at radius 3 is 3.07 bits per heavy atom. The molecule has 2 atom stereocenters. The largest absolute Gasteiger partial charge is 0.348 e. The van der Waals surface area contributed by atoms with Crippen molar-refractivity contribution in [2.45, 2.75) is 25.7 Å². The molecule has 1 aromatic carbocycles. The average molecular weight is 530 g/mol. The Kier molecular flexibility index (Phi) is 6.06. The highest BCUT2D eigenvalue weighted by atomic mass is 127. The van der Waals surface area contributed by atoms with Crippen LogP contribution in [0, 0.1) is 9.39 Å². The zero-order valence-corrected chi connectivity index (χ0v) is 18.6. The molecule has 11 heteroatoms. The minimum absolute atomic E-state index is 0.144. The first kappa shape index (κ1) is 21.2. The minimum Gasteiger partial charge on any atom is -0.348 e.